The van der Waals surface area contributed by atoms with Gasteiger partial charge in [-0.3, -0.25) is 4.79 Å². The van der Waals surface area contributed by atoms with Crippen LogP contribution in [0.15, 0.2) is 84.9 Å². The molecule has 0 aromatic heterocycles. The molecular formula is C29H24O3. The summed E-state index contributed by atoms with van der Waals surface area (Å²) < 4.78 is 5.40. The maximum Gasteiger partial charge on any atom is 0.308 e. The number of carbonyl (C=O) groups is 1. The van der Waals surface area contributed by atoms with Crippen LogP contribution in [0.3, 0.4) is 0 Å². The first-order chi connectivity index (χ1) is 15.4. The fourth-order valence-corrected chi connectivity index (χ4v) is 5.06. The Bertz CT molecular complexity index is 1320. The van der Waals surface area contributed by atoms with Gasteiger partial charge in [0.25, 0.3) is 0 Å². The predicted octanol–water partition coefficient (Wildman–Crippen LogP) is 6.30. The zero-order valence-electron chi connectivity index (χ0n) is 18.3. The van der Waals surface area contributed by atoms with Gasteiger partial charge in [-0.15, -0.1) is 0 Å². The third kappa shape index (κ3) is 2.85. The van der Waals surface area contributed by atoms with Crippen LogP contribution in [0.1, 0.15) is 40.3 Å². The van der Waals surface area contributed by atoms with E-state index < -0.39 is 5.41 Å². The van der Waals surface area contributed by atoms with Crippen LogP contribution in [0.2, 0.25) is 0 Å². The van der Waals surface area contributed by atoms with Crippen LogP contribution in [0.5, 0.6) is 11.5 Å². The maximum atomic E-state index is 11.5. The first-order valence-corrected chi connectivity index (χ1v) is 10.7. The zero-order valence-corrected chi connectivity index (χ0v) is 18.3. The van der Waals surface area contributed by atoms with Gasteiger partial charge in [-0.1, -0.05) is 72.8 Å². The second-order valence-corrected chi connectivity index (χ2v) is 8.42. The van der Waals surface area contributed by atoms with Crippen LogP contribution in [-0.2, 0) is 10.2 Å². The van der Waals surface area contributed by atoms with E-state index in [4.69, 9.17) is 4.74 Å². The van der Waals surface area contributed by atoms with Crippen LogP contribution in [0.4, 0.5) is 0 Å². The van der Waals surface area contributed by atoms with E-state index in [-0.39, 0.29) is 11.7 Å². The van der Waals surface area contributed by atoms with Crippen molar-refractivity contribution in [3.05, 3.63) is 118 Å². The van der Waals surface area contributed by atoms with E-state index in [1.807, 2.05) is 32.0 Å². The van der Waals surface area contributed by atoms with Crippen LogP contribution < -0.4 is 4.74 Å². The average molecular weight is 421 g/mol. The van der Waals surface area contributed by atoms with Crippen molar-refractivity contribution in [1.82, 2.24) is 0 Å². The standard InChI is InChI=1S/C29H24O3/c1-18-16-21(12-14-27(18)31)29(22-13-15-28(19(2)17-22)32-20(3)30)25-10-6-4-8-23(25)24-9-5-7-11-26(24)29/h4-17,31H,1-3H3. The molecule has 1 N–H and O–H groups in total. The van der Waals surface area contributed by atoms with Crippen LogP contribution in [-0.4, -0.2) is 11.1 Å². The molecule has 0 radical (unpaired) electrons. The lowest BCUT2D eigenvalue weighted by Gasteiger charge is -2.34. The number of hydrogen-bond donors (Lipinski definition) is 1. The minimum atomic E-state index is -0.550. The molecule has 0 amide bonds. The van der Waals surface area contributed by atoms with Crippen molar-refractivity contribution in [1.29, 1.82) is 0 Å². The Morgan fingerprint density at radius 1 is 0.750 bits per heavy atom. The summed E-state index contributed by atoms with van der Waals surface area (Å²) in [5.74, 6) is 0.518. The SMILES string of the molecule is CC(=O)Oc1ccc(C2(c3ccc(O)c(C)c3)c3ccccc3-c3ccccc32)cc1C. The number of hydrogen-bond acceptors (Lipinski definition) is 3. The average Bonchev–Trinajstić information content (AvgIpc) is 3.08. The van der Waals surface area contributed by atoms with Gasteiger partial charge in [0.1, 0.15) is 11.5 Å². The fourth-order valence-electron chi connectivity index (χ4n) is 5.06. The third-order valence-corrected chi connectivity index (χ3v) is 6.44. The summed E-state index contributed by atoms with van der Waals surface area (Å²) in [5.41, 5.74) is 8.16. The largest absolute Gasteiger partial charge is 0.508 e. The topological polar surface area (TPSA) is 46.5 Å². The number of phenols is 1. The van der Waals surface area contributed by atoms with E-state index >= 15 is 0 Å². The highest BCUT2D eigenvalue weighted by Crippen LogP contribution is 2.56. The molecule has 0 saturated heterocycles. The Morgan fingerprint density at radius 2 is 1.28 bits per heavy atom. The molecule has 0 spiro atoms. The maximum absolute atomic E-state index is 11.5. The summed E-state index contributed by atoms with van der Waals surface area (Å²) >= 11 is 0. The quantitative estimate of drug-likeness (QED) is 0.275. The number of ether oxygens (including phenoxy) is 1. The monoisotopic (exact) mass is 420 g/mol. The van der Waals surface area contributed by atoms with Crippen molar-refractivity contribution in [2.24, 2.45) is 0 Å². The van der Waals surface area contributed by atoms with Crippen molar-refractivity contribution in [2.75, 3.05) is 0 Å². The van der Waals surface area contributed by atoms with Gasteiger partial charge >= 0.3 is 5.97 Å². The van der Waals surface area contributed by atoms with Crippen molar-refractivity contribution in [3.8, 4) is 22.6 Å². The van der Waals surface area contributed by atoms with Gasteiger partial charge in [-0.2, -0.15) is 0 Å². The molecule has 158 valence electrons. The molecule has 0 saturated carbocycles. The third-order valence-electron chi connectivity index (χ3n) is 6.44. The summed E-state index contributed by atoms with van der Waals surface area (Å²) in [6.45, 7) is 5.30. The Balaban J connectivity index is 1.88. The van der Waals surface area contributed by atoms with E-state index in [0.29, 0.717) is 5.75 Å². The lowest BCUT2D eigenvalue weighted by Crippen LogP contribution is -2.28. The van der Waals surface area contributed by atoms with Crippen molar-refractivity contribution < 1.29 is 14.6 Å². The Morgan fingerprint density at radius 3 is 1.81 bits per heavy atom. The molecule has 0 atom stereocenters. The van der Waals surface area contributed by atoms with E-state index in [2.05, 4.69) is 60.7 Å². The van der Waals surface area contributed by atoms with Crippen molar-refractivity contribution in [3.63, 3.8) is 0 Å². The molecule has 1 aliphatic rings. The molecule has 1 aliphatic carbocycles. The zero-order chi connectivity index (χ0) is 22.5. The number of aromatic hydroxyl groups is 1. The van der Waals surface area contributed by atoms with E-state index in [1.54, 1.807) is 6.07 Å². The second-order valence-electron chi connectivity index (χ2n) is 8.42. The van der Waals surface area contributed by atoms with Crippen LogP contribution in [0, 0.1) is 13.8 Å². The molecule has 0 heterocycles. The predicted molar refractivity (Wildman–Crippen MR) is 126 cm³/mol. The highest BCUT2D eigenvalue weighted by atomic mass is 16.5. The summed E-state index contributed by atoms with van der Waals surface area (Å²) in [6.07, 6.45) is 0. The summed E-state index contributed by atoms with van der Waals surface area (Å²) in [4.78, 5) is 11.5. The van der Waals surface area contributed by atoms with E-state index in [9.17, 15) is 9.90 Å². The van der Waals surface area contributed by atoms with Gasteiger partial charge in [-0.05, 0) is 70.5 Å². The number of carbonyl (C=O) groups excluding carboxylic acids is 1. The van der Waals surface area contributed by atoms with Gasteiger partial charge < -0.3 is 9.84 Å². The second kappa shape index (κ2) is 7.38. The Labute approximate surface area is 187 Å². The number of phenolic OH excluding ortho intramolecular Hbond substituents is 1. The molecular weight excluding hydrogens is 396 g/mol. The number of benzene rings is 4. The fraction of sp³-hybridized carbons (Fsp3) is 0.138. The Hall–Kier alpha value is -3.85. The molecule has 5 rings (SSSR count). The molecule has 0 aliphatic heterocycles. The molecule has 0 bridgehead atoms. The molecule has 0 fully saturated rings. The van der Waals surface area contributed by atoms with Crippen molar-refractivity contribution in [2.45, 2.75) is 26.2 Å². The molecule has 4 aromatic rings. The summed E-state index contributed by atoms with van der Waals surface area (Å²) in [7, 11) is 0. The lowest BCUT2D eigenvalue weighted by molar-refractivity contribution is -0.131. The first kappa shape index (κ1) is 20.1. The number of aryl methyl sites for hydroxylation is 2. The number of fused-ring (bicyclic) bond motifs is 3. The van der Waals surface area contributed by atoms with Gasteiger partial charge in [-0.25, -0.2) is 0 Å². The smallest absolute Gasteiger partial charge is 0.308 e. The normalized spacial score (nSPS) is 13.3. The highest BCUT2D eigenvalue weighted by molar-refractivity contribution is 5.86. The number of rotatable bonds is 3. The summed E-state index contributed by atoms with van der Waals surface area (Å²) in [6, 6.07) is 28.9. The van der Waals surface area contributed by atoms with Crippen LogP contribution in [0.25, 0.3) is 11.1 Å². The van der Waals surface area contributed by atoms with Gasteiger partial charge in [0, 0.05) is 6.92 Å². The minimum absolute atomic E-state index is 0.282. The van der Waals surface area contributed by atoms with Gasteiger partial charge in [0.05, 0.1) is 5.41 Å². The molecule has 4 aromatic carbocycles. The van der Waals surface area contributed by atoms with Gasteiger partial charge in [0.15, 0.2) is 0 Å². The van der Waals surface area contributed by atoms with Crippen LogP contribution >= 0.6 is 0 Å². The first-order valence-electron chi connectivity index (χ1n) is 10.7. The van der Waals surface area contributed by atoms with Crippen molar-refractivity contribution >= 4 is 5.97 Å². The molecule has 3 heteroatoms. The van der Waals surface area contributed by atoms with Gasteiger partial charge in [0.2, 0.25) is 0 Å². The Kier molecular flexibility index (Phi) is 4.63. The summed E-state index contributed by atoms with van der Waals surface area (Å²) in [5, 5.41) is 10.2. The molecule has 32 heavy (non-hydrogen) atoms. The number of esters is 1. The highest BCUT2D eigenvalue weighted by Gasteiger charge is 2.46. The lowest BCUT2D eigenvalue weighted by atomic mass is 9.67. The molecule has 0 unspecified atom stereocenters. The molecule has 3 nitrogen and oxygen atoms in total. The van der Waals surface area contributed by atoms with E-state index in [1.165, 1.54) is 29.2 Å². The minimum Gasteiger partial charge on any atom is -0.508 e. The van der Waals surface area contributed by atoms with E-state index in [0.717, 1.165) is 22.3 Å².